The van der Waals surface area contributed by atoms with Gasteiger partial charge in [0.05, 0.1) is 11.4 Å². The molecule has 1 amide bonds. The molecule has 0 aromatic heterocycles. The minimum Gasteiger partial charge on any atom is -0.354 e. The van der Waals surface area contributed by atoms with Crippen molar-refractivity contribution in [2.75, 3.05) is 20.1 Å². The van der Waals surface area contributed by atoms with E-state index in [2.05, 4.69) is 5.32 Å². The van der Waals surface area contributed by atoms with Crippen molar-refractivity contribution < 1.29 is 26.8 Å². The number of amides is 1. The van der Waals surface area contributed by atoms with Crippen LogP contribution in [0.3, 0.4) is 0 Å². The molecular formula is C23H26F2N2O4S. The first kappa shape index (κ1) is 24.0. The van der Waals surface area contributed by atoms with E-state index in [0.717, 1.165) is 17.1 Å². The molecule has 2 aromatic carbocycles. The first-order valence-electron chi connectivity index (χ1n) is 10.4. The minimum atomic E-state index is -3.95. The number of halogens is 2. The Kier molecular flexibility index (Phi) is 7.09. The largest absolute Gasteiger partial charge is 0.354 e. The Morgan fingerprint density at radius 2 is 1.59 bits per heavy atom. The second-order valence-electron chi connectivity index (χ2n) is 8.20. The maximum absolute atomic E-state index is 14.4. The highest BCUT2D eigenvalue weighted by Gasteiger charge is 2.40. The molecule has 1 saturated carbocycles. The van der Waals surface area contributed by atoms with E-state index >= 15 is 0 Å². The lowest BCUT2D eigenvalue weighted by molar-refractivity contribution is -0.121. The average molecular weight is 465 g/mol. The molecule has 0 unspecified atom stereocenters. The van der Waals surface area contributed by atoms with Crippen LogP contribution >= 0.6 is 0 Å². The van der Waals surface area contributed by atoms with Gasteiger partial charge >= 0.3 is 0 Å². The summed E-state index contributed by atoms with van der Waals surface area (Å²) >= 11 is 0. The van der Waals surface area contributed by atoms with Crippen LogP contribution in [0.15, 0.2) is 47.4 Å². The van der Waals surface area contributed by atoms with E-state index in [1.807, 2.05) is 0 Å². The molecule has 172 valence electrons. The molecule has 2 aromatic rings. The topological polar surface area (TPSA) is 83.6 Å². The fourth-order valence-corrected chi connectivity index (χ4v) is 5.35. The van der Waals surface area contributed by atoms with Crippen molar-refractivity contribution in [1.82, 2.24) is 9.62 Å². The number of nitrogens with one attached hydrogen (secondary N) is 1. The standard InChI is InChI=1S/C23H26F2N2O4S/c1-16(28)17-8-10-18(11-9-17)32(30,31)27(2)14-21(29)26-15-23(12-3-4-13-23)22-19(24)6-5-7-20(22)25/h5-11H,3-4,12-15H2,1-2H3,(H,26,29). The van der Waals surface area contributed by atoms with Crippen LogP contribution in [0.2, 0.25) is 0 Å². The third kappa shape index (κ3) is 4.88. The van der Waals surface area contributed by atoms with E-state index in [1.165, 1.54) is 56.4 Å². The van der Waals surface area contributed by atoms with Crippen LogP contribution in [-0.2, 0) is 20.2 Å². The summed E-state index contributed by atoms with van der Waals surface area (Å²) in [6, 6.07) is 9.17. The van der Waals surface area contributed by atoms with Gasteiger partial charge in [0.25, 0.3) is 0 Å². The van der Waals surface area contributed by atoms with Crippen molar-refractivity contribution in [3.8, 4) is 0 Å². The first-order chi connectivity index (χ1) is 15.1. The molecule has 0 heterocycles. The van der Waals surface area contributed by atoms with Crippen LogP contribution < -0.4 is 5.32 Å². The Labute approximate surface area is 186 Å². The third-order valence-corrected chi connectivity index (χ3v) is 7.83. The number of hydrogen-bond acceptors (Lipinski definition) is 4. The van der Waals surface area contributed by atoms with E-state index in [9.17, 15) is 26.8 Å². The maximum atomic E-state index is 14.4. The molecule has 0 spiro atoms. The number of nitrogens with zero attached hydrogens (tertiary/aromatic N) is 1. The SMILES string of the molecule is CC(=O)c1ccc(S(=O)(=O)N(C)CC(=O)NCC2(c3c(F)cccc3F)CCCC2)cc1. The number of Topliss-reactive ketones (excluding diaryl/α,β-unsaturated/α-hetero) is 1. The van der Waals surface area contributed by atoms with Gasteiger partial charge in [-0.15, -0.1) is 0 Å². The van der Waals surface area contributed by atoms with Gasteiger partial charge in [-0.05, 0) is 44.0 Å². The quantitative estimate of drug-likeness (QED) is 0.607. The molecule has 9 heteroatoms. The molecule has 0 saturated heterocycles. The summed E-state index contributed by atoms with van der Waals surface area (Å²) < 4.78 is 55.3. The van der Waals surface area contributed by atoms with Crippen molar-refractivity contribution in [1.29, 1.82) is 0 Å². The van der Waals surface area contributed by atoms with Crippen molar-refractivity contribution >= 4 is 21.7 Å². The second-order valence-corrected chi connectivity index (χ2v) is 10.2. The zero-order chi connectivity index (χ0) is 23.5. The van der Waals surface area contributed by atoms with Gasteiger partial charge < -0.3 is 5.32 Å². The van der Waals surface area contributed by atoms with E-state index in [0.29, 0.717) is 18.4 Å². The normalized spacial score (nSPS) is 15.7. The molecule has 32 heavy (non-hydrogen) atoms. The molecule has 3 rings (SSSR count). The molecule has 6 nitrogen and oxygen atoms in total. The number of rotatable bonds is 8. The number of ketones is 1. The van der Waals surface area contributed by atoms with Crippen LogP contribution in [0.5, 0.6) is 0 Å². The van der Waals surface area contributed by atoms with Crippen LogP contribution in [-0.4, -0.2) is 44.6 Å². The zero-order valence-corrected chi connectivity index (χ0v) is 18.8. The van der Waals surface area contributed by atoms with Gasteiger partial charge in [-0.25, -0.2) is 17.2 Å². The molecule has 0 aliphatic heterocycles. The summed E-state index contributed by atoms with van der Waals surface area (Å²) in [4.78, 5) is 23.9. The minimum absolute atomic E-state index is 0.0187. The number of benzene rings is 2. The summed E-state index contributed by atoms with van der Waals surface area (Å²) in [6.45, 7) is 0.946. The van der Waals surface area contributed by atoms with Crippen LogP contribution in [0.4, 0.5) is 8.78 Å². The molecule has 0 atom stereocenters. The zero-order valence-electron chi connectivity index (χ0n) is 18.0. The van der Waals surface area contributed by atoms with E-state index in [-0.39, 0.29) is 22.8 Å². The number of hydrogen-bond donors (Lipinski definition) is 1. The predicted octanol–water partition coefficient (Wildman–Crippen LogP) is 3.42. The lowest BCUT2D eigenvalue weighted by atomic mass is 9.78. The molecular weight excluding hydrogens is 438 g/mol. The molecule has 0 radical (unpaired) electrons. The Balaban J connectivity index is 1.70. The van der Waals surface area contributed by atoms with Crippen LogP contribution in [0.25, 0.3) is 0 Å². The van der Waals surface area contributed by atoms with Gasteiger partial charge in [-0.3, -0.25) is 9.59 Å². The van der Waals surface area contributed by atoms with Gasteiger partial charge in [0.15, 0.2) is 5.78 Å². The lowest BCUT2D eigenvalue weighted by Gasteiger charge is -2.31. The number of likely N-dealkylation sites (N-methyl/N-ethyl adjacent to an activating group) is 1. The fraction of sp³-hybridized carbons (Fsp3) is 0.391. The summed E-state index contributed by atoms with van der Waals surface area (Å²) in [5.41, 5.74) is -0.499. The Morgan fingerprint density at radius 1 is 1.03 bits per heavy atom. The summed E-state index contributed by atoms with van der Waals surface area (Å²) in [5, 5.41) is 2.67. The highest BCUT2D eigenvalue weighted by atomic mass is 32.2. The Bertz CT molecular complexity index is 1090. The van der Waals surface area contributed by atoms with Gasteiger partial charge in [-0.1, -0.05) is 31.0 Å². The average Bonchev–Trinajstić information content (AvgIpc) is 3.22. The third-order valence-electron chi connectivity index (χ3n) is 6.01. The maximum Gasteiger partial charge on any atom is 0.243 e. The van der Waals surface area contributed by atoms with Crippen molar-refractivity contribution in [3.63, 3.8) is 0 Å². The number of carbonyl (C=O) groups is 2. The molecule has 1 aliphatic rings. The molecule has 0 bridgehead atoms. The van der Waals surface area contributed by atoms with Gasteiger partial charge in [0.2, 0.25) is 15.9 Å². The summed E-state index contributed by atoms with van der Waals surface area (Å²) in [6.07, 6.45) is 2.63. The number of carbonyl (C=O) groups excluding carboxylic acids is 2. The van der Waals surface area contributed by atoms with Gasteiger partial charge in [-0.2, -0.15) is 4.31 Å². The predicted molar refractivity (Wildman–Crippen MR) is 116 cm³/mol. The van der Waals surface area contributed by atoms with Crippen LogP contribution in [0.1, 0.15) is 48.5 Å². The second kappa shape index (κ2) is 9.46. The van der Waals surface area contributed by atoms with E-state index < -0.39 is 39.5 Å². The smallest absolute Gasteiger partial charge is 0.243 e. The molecule has 1 fully saturated rings. The highest BCUT2D eigenvalue weighted by Crippen LogP contribution is 2.42. The summed E-state index contributed by atoms with van der Waals surface area (Å²) in [7, 11) is -2.68. The number of sulfonamides is 1. The Morgan fingerprint density at radius 3 is 2.12 bits per heavy atom. The molecule has 1 N–H and O–H groups in total. The first-order valence-corrected chi connectivity index (χ1v) is 11.8. The van der Waals surface area contributed by atoms with E-state index in [1.54, 1.807) is 0 Å². The van der Waals surface area contributed by atoms with Crippen LogP contribution in [0, 0.1) is 11.6 Å². The highest BCUT2D eigenvalue weighted by molar-refractivity contribution is 7.89. The summed E-state index contributed by atoms with van der Waals surface area (Å²) in [5.74, 6) is -2.04. The fourth-order valence-electron chi connectivity index (χ4n) is 4.22. The van der Waals surface area contributed by atoms with Crippen molar-refractivity contribution in [2.45, 2.75) is 42.9 Å². The van der Waals surface area contributed by atoms with Crippen molar-refractivity contribution in [2.24, 2.45) is 0 Å². The monoisotopic (exact) mass is 464 g/mol. The lowest BCUT2D eigenvalue weighted by Crippen LogP contribution is -2.44. The van der Waals surface area contributed by atoms with E-state index in [4.69, 9.17) is 0 Å². The van der Waals surface area contributed by atoms with Gasteiger partial charge in [0, 0.05) is 30.1 Å². The van der Waals surface area contributed by atoms with Crippen molar-refractivity contribution in [3.05, 3.63) is 65.2 Å². The molecule has 1 aliphatic carbocycles. The van der Waals surface area contributed by atoms with Gasteiger partial charge in [0.1, 0.15) is 11.6 Å². The Hall–Kier alpha value is -2.65.